The molecular formula is C36H46F3N5O6. The average Bonchev–Trinajstić information content (AvgIpc) is 3.67. The summed E-state index contributed by atoms with van der Waals surface area (Å²) >= 11 is 0. The third kappa shape index (κ3) is 9.34. The largest absolute Gasteiger partial charge is 0.444 e. The predicted molar refractivity (Wildman–Crippen MR) is 179 cm³/mol. The predicted octanol–water partition coefficient (Wildman–Crippen LogP) is 4.91. The number of imidazole rings is 1. The van der Waals surface area contributed by atoms with Gasteiger partial charge < -0.3 is 39.4 Å². The number of likely N-dealkylation sites (tertiary alicyclic amines) is 1. The van der Waals surface area contributed by atoms with Crippen LogP contribution in [-0.4, -0.2) is 106 Å². The van der Waals surface area contributed by atoms with Crippen LogP contribution in [-0.2, 0) is 16.0 Å². The van der Waals surface area contributed by atoms with Gasteiger partial charge in [0, 0.05) is 57.1 Å². The number of alkyl halides is 1. The lowest BCUT2D eigenvalue weighted by Gasteiger charge is -2.40. The molecule has 1 aromatic heterocycles. The third-order valence-electron chi connectivity index (χ3n) is 8.92. The van der Waals surface area contributed by atoms with Crippen LogP contribution in [0.1, 0.15) is 51.0 Å². The van der Waals surface area contributed by atoms with Gasteiger partial charge in [-0.1, -0.05) is 30.3 Å². The van der Waals surface area contributed by atoms with Gasteiger partial charge in [-0.2, -0.15) is 0 Å². The second-order valence-electron chi connectivity index (χ2n) is 14.0. The second kappa shape index (κ2) is 16.3. The van der Waals surface area contributed by atoms with Gasteiger partial charge in [0.15, 0.2) is 0 Å². The Labute approximate surface area is 290 Å². The molecule has 2 aliphatic heterocycles. The SMILES string of the molecule is CC(C)(C)OC(=O)N1CC(F)C(CN(C(=O)NCC(O)CO)C(c2nc(-c3cc(F)ccc3F)cn2Cc2ccccc2)C2CCOCC2)C1. The highest BCUT2D eigenvalue weighted by Gasteiger charge is 2.43. The van der Waals surface area contributed by atoms with Crippen LogP contribution in [0.15, 0.2) is 54.7 Å². The van der Waals surface area contributed by atoms with Gasteiger partial charge in [0.2, 0.25) is 0 Å². The van der Waals surface area contributed by atoms with Crippen molar-refractivity contribution >= 4 is 12.1 Å². The quantitative estimate of drug-likeness (QED) is 0.259. The Morgan fingerprint density at radius 1 is 1.12 bits per heavy atom. The van der Waals surface area contributed by atoms with Crippen molar-refractivity contribution in [2.45, 2.75) is 64.1 Å². The van der Waals surface area contributed by atoms with E-state index in [1.807, 2.05) is 30.3 Å². The van der Waals surface area contributed by atoms with Gasteiger partial charge in [0.1, 0.15) is 29.2 Å². The molecule has 2 fully saturated rings. The van der Waals surface area contributed by atoms with E-state index >= 15 is 8.78 Å². The molecule has 11 nitrogen and oxygen atoms in total. The summed E-state index contributed by atoms with van der Waals surface area (Å²) in [6, 6.07) is 11.1. The van der Waals surface area contributed by atoms with Crippen LogP contribution in [0.2, 0.25) is 0 Å². The minimum Gasteiger partial charge on any atom is -0.444 e. The fourth-order valence-corrected chi connectivity index (χ4v) is 6.46. The molecule has 2 aliphatic rings. The van der Waals surface area contributed by atoms with Crippen molar-refractivity contribution in [2.75, 3.05) is 46.0 Å². The van der Waals surface area contributed by atoms with E-state index in [-0.39, 0.29) is 49.9 Å². The molecule has 0 spiro atoms. The number of hydrogen-bond acceptors (Lipinski definition) is 7. The van der Waals surface area contributed by atoms with Crippen LogP contribution < -0.4 is 5.32 Å². The number of aromatic nitrogens is 2. The molecule has 4 unspecified atom stereocenters. The summed E-state index contributed by atoms with van der Waals surface area (Å²) in [7, 11) is 0. The molecular weight excluding hydrogens is 655 g/mol. The normalized spacial score (nSPS) is 19.6. The molecule has 3 aromatic rings. The maximum Gasteiger partial charge on any atom is 0.410 e. The number of benzene rings is 2. The van der Waals surface area contributed by atoms with Crippen molar-refractivity contribution in [3.05, 3.63) is 77.8 Å². The van der Waals surface area contributed by atoms with Gasteiger partial charge in [-0.15, -0.1) is 0 Å². The molecule has 5 rings (SSSR count). The van der Waals surface area contributed by atoms with E-state index < -0.39 is 60.2 Å². The number of ether oxygens (including phenoxy) is 2. The molecule has 50 heavy (non-hydrogen) atoms. The zero-order valence-corrected chi connectivity index (χ0v) is 28.6. The summed E-state index contributed by atoms with van der Waals surface area (Å²) < 4.78 is 58.3. The average molecular weight is 702 g/mol. The Balaban J connectivity index is 1.59. The van der Waals surface area contributed by atoms with Crippen molar-refractivity contribution in [3.63, 3.8) is 0 Å². The number of aliphatic hydroxyl groups is 2. The Morgan fingerprint density at radius 2 is 1.84 bits per heavy atom. The van der Waals surface area contributed by atoms with Gasteiger partial charge >= 0.3 is 12.1 Å². The summed E-state index contributed by atoms with van der Waals surface area (Å²) in [5.41, 5.74) is 0.196. The Bertz CT molecular complexity index is 1600. The summed E-state index contributed by atoms with van der Waals surface area (Å²) in [6.45, 7) is 4.98. The smallest absolute Gasteiger partial charge is 0.410 e. The van der Waals surface area contributed by atoms with Gasteiger partial charge in [0.05, 0.1) is 31.0 Å². The first kappa shape index (κ1) is 37.1. The van der Waals surface area contributed by atoms with E-state index in [0.29, 0.717) is 31.9 Å². The first-order chi connectivity index (χ1) is 23.8. The van der Waals surface area contributed by atoms with Crippen molar-refractivity contribution in [1.82, 2.24) is 24.7 Å². The van der Waals surface area contributed by atoms with E-state index in [1.54, 1.807) is 31.5 Å². The summed E-state index contributed by atoms with van der Waals surface area (Å²) in [4.78, 5) is 34.7. The van der Waals surface area contributed by atoms with Crippen LogP contribution in [0.5, 0.6) is 0 Å². The molecule has 2 aromatic carbocycles. The fraction of sp³-hybridized carbons (Fsp3) is 0.528. The zero-order valence-electron chi connectivity index (χ0n) is 28.6. The van der Waals surface area contributed by atoms with Crippen LogP contribution in [0.4, 0.5) is 22.8 Å². The van der Waals surface area contributed by atoms with Crippen LogP contribution in [0.3, 0.4) is 0 Å². The molecule has 3 heterocycles. The van der Waals surface area contributed by atoms with Crippen molar-refractivity contribution < 1.29 is 42.4 Å². The number of amides is 3. The third-order valence-corrected chi connectivity index (χ3v) is 8.92. The number of urea groups is 1. The number of nitrogens with zero attached hydrogens (tertiary/aromatic N) is 4. The minimum atomic E-state index is -1.49. The standard InChI is InChI=1S/C36H46F3N5O6/c1-36(2,3)50-35(48)43-18-25(30(39)20-43)19-44(34(47)40-16-27(46)22-45)32(24-11-13-49-14-12-24)33-41-31(28-15-26(37)9-10-29(28)38)21-42(33)17-23-7-5-4-6-8-23/h4-10,15,21,24-25,27,30,32,45-46H,11-14,16-20,22H2,1-3H3,(H,40,47). The Kier molecular flexibility index (Phi) is 12.1. The van der Waals surface area contributed by atoms with Crippen LogP contribution in [0.25, 0.3) is 11.3 Å². The highest BCUT2D eigenvalue weighted by molar-refractivity contribution is 5.75. The first-order valence-corrected chi connectivity index (χ1v) is 16.9. The van der Waals surface area contributed by atoms with Crippen molar-refractivity contribution in [3.8, 4) is 11.3 Å². The zero-order chi connectivity index (χ0) is 36.0. The molecule has 14 heteroatoms. The minimum absolute atomic E-state index is 0.0160. The lowest BCUT2D eigenvalue weighted by atomic mass is 9.89. The maximum absolute atomic E-state index is 15.8. The number of hydrogen-bond donors (Lipinski definition) is 3. The Hall–Kier alpha value is -4.14. The number of carbonyl (C=O) groups is 2. The van der Waals surface area contributed by atoms with E-state index in [1.165, 1.54) is 9.80 Å². The molecule has 2 saturated heterocycles. The van der Waals surface area contributed by atoms with Crippen LogP contribution in [0, 0.1) is 23.5 Å². The molecule has 0 radical (unpaired) electrons. The molecule has 272 valence electrons. The summed E-state index contributed by atoms with van der Waals surface area (Å²) in [6.07, 6.45) is -0.737. The van der Waals surface area contributed by atoms with E-state index in [2.05, 4.69) is 5.32 Å². The molecule has 4 atom stereocenters. The monoisotopic (exact) mass is 701 g/mol. The first-order valence-electron chi connectivity index (χ1n) is 16.9. The lowest BCUT2D eigenvalue weighted by molar-refractivity contribution is 0.0231. The number of carbonyl (C=O) groups excluding carboxylic acids is 2. The van der Waals surface area contributed by atoms with Gasteiger partial charge in [-0.25, -0.2) is 27.7 Å². The number of nitrogens with one attached hydrogen (secondary N) is 1. The number of rotatable bonds is 11. The van der Waals surface area contributed by atoms with Crippen molar-refractivity contribution in [2.24, 2.45) is 11.8 Å². The lowest BCUT2D eigenvalue weighted by Crippen LogP contribution is -2.50. The molecule has 0 aliphatic carbocycles. The molecule has 3 amide bonds. The molecule has 0 bridgehead atoms. The second-order valence-corrected chi connectivity index (χ2v) is 14.0. The topological polar surface area (TPSA) is 129 Å². The van der Waals surface area contributed by atoms with Gasteiger partial charge in [0.25, 0.3) is 0 Å². The summed E-state index contributed by atoms with van der Waals surface area (Å²) in [5.74, 6) is -2.01. The van der Waals surface area contributed by atoms with Gasteiger partial charge in [-0.05, 0) is 63.3 Å². The number of halogens is 3. The van der Waals surface area contributed by atoms with E-state index in [9.17, 15) is 24.2 Å². The van der Waals surface area contributed by atoms with Crippen molar-refractivity contribution in [1.29, 1.82) is 0 Å². The van der Waals surface area contributed by atoms with Crippen LogP contribution >= 0.6 is 0 Å². The fourth-order valence-electron chi connectivity index (χ4n) is 6.46. The highest BCUT2D eigenvalue weighted by atomic mass is 19.1. The van der Waals surface area contributed by atoms with Gasteiger partial charge in [-0.3, -0.25) is 0 Å². The molecule has 0 saturated carbocycles. The van der Waals surface area contributed by atoms with E-state index in [4.69, 9.17) is 14.5 Å². The molecule has 3 N–H and O–H groups in total. The van der Waals surface area contributed by atoms with E-state index in [0.717, 1.165) is 23.8 Å². The highest BCUT2D eigenvalue weighted by Crippen LogP contribution is 2.38. The maximum atomic E-state index is 15.8. The Morgan fingerprint density at radius 3 is 2.52 bits per heavy atom. The summed E-state index contributed by atoms with van der Waals surface area (Å²) in [5, 5.41) is 22.2. The number of aliphatic hydroxyl groups excluding tert-OH is 2.